The van der Waals surface area contributed by atoms with Gasteiger partial charge in [-0.1, -0.05) is 6.92 Å². The second-order valence-electron chi connectivity index (χ2n) is 6.52. The van der Waals surface area contributed by atoms with Gasteiger partial charge in [0.2, 0.25) is 11.8 Å². The molecule has 2 rings (SSSR count). The van der Waals surface area contributed by atoms with Crippen LogP contribution in [0.1, 0.15) is 52.9 Å². The van der Waals surface area contributed by atoms with E-state index in [1.54, 1.807) is 0 Å². The Morgan fingerprint density at radius 3 is 2.50 bits per heavy atom. The van der Waals surface area contributed by atoms with Crippen molar-refractivity contribution in [2.45, 2.75) is 70.5 Å². The van der Waals surface area contributed by atoms with Crippen molar-refractivity contribution in [1.29, 1.82) is 0 Å². The molecule has 0 radical (unpaired) electrons. The molecule has 1 aliphatic heterocycles. The van der Waals surface area contributed by atoms with Crippen molar-refractivity contribution in [3.63, 3.8) is 0 Å². The Hall–Kier alpha value is -0.940. The van der Waals surface area contributed by atoms with E-state index < -0.39 is 5.54 Å². The fraction of sp³-hybridized carbons (Fsp3) is 0.867. The SMILES string of the molecule is CCCNC1CCC(N2CC(=O)NC(=O)C2(C)C)CC1. The van der Waals surface area contributed by atoms with E-state index in [-0.39, 0.29) is 11.8 Å². The van der Waals surface area contributed by atoms with Crippen LogP contribution < -0.4 is 10.6 Å². The van der Waals surface area contributed by atoms with E-state index in [0.717, 1.165) is 38.6 Å². The van der Waals surface area contributed by atoms with E-state index in [1.165, 1.54) is 0 Å². The Bertz CT molecular complexity index is 373. The minimum atomic E-state index is -0.581. The number of rotatable bonds is 4. The summed E-state index contributed by atoms with van der Waals surface area (Å²) in [4.78, 5) is 25.7. The van der Waals surface area contributed by atoms with Crippen LogP contribution in [0.4, 0.5) is 0 Å². The van der Waals surface area contributed by atoms with E-state index in [0.29, 0.717) is 18.6 Å². The lowest BCUT2D eigenvalue weighted by molar-refractivity contribution is -0.148. The first kappa shape index (κ1) is 15.4. The number of hydrogen-bond acceptors (Lipinski definition) is 4. The summed E-state index contributed by atoms with van der Waals surface area (Å²) in [5.74, 6) is -0.333. The fourth-order valence-corrected chi connectivity index (χ4v) is 3.33. The quantitative estimate of drug-likeness (QED) is 0.756. The van der Waals surface area contributed by atoms with Gasteiger partial charge >= 0.3 is 0 Å². The summed E-state index contributed by atoms with van der Waals surface area (Å²) in [6, 6.07) is 0.948. The molecule has 0 aromatic carbocycles. The van der Waals surface area contributed by atoms with Crippen LogP contribution in [-0.4, -0.2) is 47.4 Å². The lowest BCUT2D eigenvalue weighted by Gasteiger charge is -2.47. The van der Waals surface area contributed by atoms with Crippen LogP contribution in [0.2, 0.25) is 0 Å². The van der Waals surface area contributed by atoms with Crippen molar-refractivity contribution in [3.05, 3.63) is 0 Å². The predicted octanol–water partition coefficient (Wildman–Crippen LogP) is 1.03. The van der Waals surface area contributed by atoms with Crippen LogP contribution in [0.25, 0.3) is 0 Å². The van der Waals surface area contributed by atoms with E-state index in [9.17, 15) is 9.59 Å². The largest absolute Gasteiger partial charge is 0.314 e. The average Bonchev–Trinajstić information content (AvgIpc) is 2.41. The second kappa shape index (κ2) is 6.22. The minimum Gasteiger partial charge on any atom is -0.314 e. The van der Waals surface area contributed by atoms with Crippen LogP contribution in [0.5, 0.6) is 0 Å². The molecule has 5 nitrogen and oxygen atoms in total. The van der Waals surface area contributed by atoms with E-state index in [4.69, 9.17) is 0 Å². The first-order valence-corrected chi connectivity index (χ1v) is 7.79. The third kappa shape index (κ3) is 3.20. The second-order valence-corrected chi connectivity index (χ2v) is 6.52. The average molecular weight is 281 g/mol. The van der Waals surface area contributed by atoms with Crippen molar-refractivity contribution in [1.82, 2.24) is 15.5 Å². The molecule has 0 spiro atoms. The molecule has 1 aliphatic carbocycles. The van der Waals surface area contributed by atoms with Gasteiger partial charge in [-0.3, -0.25) is 19.8 Å². The molecule has 114 valence electrons. The zero-order valence-corrected chi connectivity index (χ0v) is 12.9. The third-order valence-electron chi connectivity index (χ3n) is 4.66. The summed E-state index contributed by atoms with van der Waals surface area (Å²) in [5, 5.41) is 6.01. The molecule has 0 atom stereocenters. The van der Waals surface area contributed by atoms with Crippen LogP contribution in [0.15, 0.2) is 0 Å². The maximum atomic E-state index is 12.0. The number of nitrogens with one attached hydrogen (secondary N) is 2. The Morgan fingerprint density at radius 1 is 1.25 bits per heavy atom. The number of carbonyl (C=O) groups is 2. The van der Waals surface area contributed by atoms with Gasteiger partial charge < -0.3 is 5.32 Å². The number of piperazine rings is 1. The van der Waals surface area contributed by atoms with E-state index >= 15 is 0 Å². The van der Waals surface area contributed by atoms with Crippen LogP contribution in [0.3, 0.4) is 0 Å². The van der Waals surface area contributed by atoms with Gasteiger partial charge in [-0.05, 0) is 52.5 Å². The molecule has 1 saturated heterocycles. The van der Waals surface area contributed by atoms with E-state index in [2.05, 4.69) is 22.5 Å². The summed E-state index contributed by atoms with van der Waals surface area (Å²) in [6.07, 6.45) is 5.55. The third-order valence-corrected chi connectivity index (χ3v) is 4.66. The van der Waals surface area contributed by atoms with Gasteiger partial charge in [-0.2, -0.15) is 0 Å². The summed E-state index contributed by atoms with van der Waals surface area (Å²) >= 11 is 0. The molecule has 0 aromatic heterocycles. The van der Waals surface area contributed by atoms with Crippen LogP contribution >= 0.6 is 0 Å². The molecule has 2 N–H and O–H groups in total. The number of carbonyl (C=O) groups excluding carboxylic acids is 2. The molecular weight excluding hydrogens is 254 g/mol. The molecule has 1 heterocycles. The summed E-state index contributed by atoms with van der Waals surface area (Å²) in [7, 11) is 0. The molecule has 2 fully saturated rings. The number of amides is 2. The Kier molecular flexibility index (Phi) is 4.81. The van der Waals surface area contributed by atoms with Crippen molar-refractivity contribution in [2.75, 3.05) is 13.1 Å². The highest BCUT2D eigenvalue weighted by Crippen LogP contribution is 2.30. The smallest absolute Gasteiger partial charge is 0.246 e. The number of imide groups is 1. The molecule has 2 amide bonds. The Balaban J connectivity index is 1.95. The van der Waals surface area contributed by atoms with Crippen molar-refractivity contribution < 1.29 is 9.59 Å². The first-order valence-electron chi connectivity index (χ1n) is 7.79. The van der Waals surface area contributed by atoms with Gasteiger partial charge in [0.05, 0.1) is 12.1 Å². The highest BCUT2D eigenvalue weighted by Gasteiger charge is 2.44. The van der Waals surface area contributed by atoms with Crippen molar-refractivity contribution >= 4 is 11.8 Å². The molecular formula is C15H27N3O2. The van der Waals surface area contributed by atoms with Gasteiger partial charge in [0, 0.05) is 12.1 Å². The monoisotopic (exact) mass is 281 g/mol. The zero-order chi connectivity index (χ0) is 14.8. The molecule has 2 aliphatic rings. The Labute approximate surface area is 121 Å². The van der Waals surface area contributed by atoms with Gasteiger partial charge in [-0.25, -0.2) is 0 Å². The van der Waals surface area contributed by atoms with Crippen LogP contribution in [0, 0.1) is 0 Å². The highest BCUT2D eigenvalue weighted by molar-refractivity contribution is 6.02. The predicted molar refractivity (Wildman–Crippen MR) is 78.3 cm³/mol. The molecule has 20 heavy (non-hydrogen) atoms. The maximum absolute atomic E-state index is 12.0. The summed E-state index contributed by atoms with van der Waals surface area (Å²) < 4.78 is 0. The molecule has 5 heteroatoms. The van der Waals surface area contributed by atoms with Crippen molar-refractivity contribution in [3.8, 4) is 0 Å². The summed E-state index contributed by atoms with van der Waals surface area (Å²) in [6.45, 7) is 7.42. The van der Waals surface area contributed by atoms with Crippen molar-refractivity contribution in [2.24, 2.45) is 0 Å². The molecule has 0 aromatic rings. The lowest BCUT2D eigenvalue weighted by atomic mass is 9.86. The maximum Gasteiger partial charge on any atom is 0.246 e. The highest BCUT2D eigenvalue weighted by atomic mass is 16.2. The van der Waals surface area contributed by atoms with Gasteiger partial charge in [0.25, 0.3) is 0 Å². The Morgan fingerprint density at radius 2 is 1.90 bits per heavy atom. The number of nitrogens with zero attached hydrogens (tertiary/aromatic N) is 1. The van der Waals surface area contributed by atoms with E-state index in [1.807, 2.05) is 13.8 Å². The molecule has 0 unspecified atom stereocenters. The minimum absolute atomic E-state index is 0.166. The topological polar surface area (TPSA) is 61.4 Å². The van der Waals surface area contributed by atoms with Gasteiger partial charge in [0.15, 0.2) is 0 Å². The lowest BCUT2D eigenvalue weighted by Crippen LogP contribution is -2.66. The van der Waals surface area contributed by atoms with Gasteiger partial charge in [0.1, 0.15) is 0 Å². The van der Waals surface area contributed by atoms with Gasteiger partial charge in [-0.15, -0.1) is 0 Å². The fourth-order valence-electron chi connectivity index (χ4n) is 3.33. The van der Waals surface area contributed by atoms with Crippen LogP contribution in [-0.2, 0) is 9.59 Å². The standard InChI is InChI=1S/C15H27N3O2/c1-4-9-16-11-5-7-12(8-6-11)18-10-13(19)17-14(20)15(18,2)3/h11-12,16H,4-10H2,1-3H3,(H,17,19,20). The first-order chi connectivity index (χ1) is 9.45. The molecule has 1 saturated carbocycles. The normalized spacial score (nSPS) is 31.1. The molecule has 0 bridgehead atoms. The summed E-state index contributed by atoms with van der Waals surface area (Å²) in [5.41, 5.74) is -0.581. The number of hydrogen-bond donors (Lipinski definition) is 2. The zero-order valence-electron chi connectivity index (χ0n) is 12.9.